The number of ether oxygens (including phenoxy) is 1. The Kier molecular flexibility index (Phi) is 7.57. The topological polar surface area (TPSA) is 61.9 Å². The van der Waals surface area contributed by atoms with Gasteiger partial charge in [0.1, 0.15) is 0 Å². The van der Waals surface area contributed by atoms with Crippen molar-refractivity contribution in [3.05, 3.63) is 95.3 Å². The maximum Gasteiger partial charge on any atom is 0.259 e. The molecule has 1 N–H and O–H groups in total. The number of halogens is 1. The molecule has 6 nitrogen and oxygen atoms in total. The molecule has 0 aliphatic carbocycles. The quantitative estimate of drug-likeness (QED) is 0.545. The fourth-order valence-electron chi connectivity index (χ4n) is 3.22. The fourth-order valence-corrected chi connectivity index (χ4v) is 3.22. The zero-order chi connectivity index (χ0) is 23.1. The second-order valence-electron chi connectivity index (χ2n) is 7.52. The first kappa shape index (κ1) is 23.0. The minimum absolute atomic E-state index is 0.0773. The molecule has 3 aromatic rings. The van der Waals surface area contributed by atoms with Gasteiger partial charge in [-0.25, -0.2) is 4.39 Å². The minimum atomic E-state index is -0.602. The highest BCUT2D eigenvalue weighted by Crippen LogP contribution is 2.19. The van der Waals surface area contributed by atoms with E-state index in [4.69, 9.17) is 4.74 Å². The van der Waals surface area contributed by atoms with Crippen LogP contribution in [-0.4, -0.2) is 44.6 Å². The molecule has 0 aromatic heterocycles. The van der Waals surface area contributed by atoms with E-state index in [1.54, 1.807) is 23.1 Å². The van der Waals surface area contributed by atoms with Gasteiger partial charge in [0.15, 0.2) is 11.6 Å². The Labute approximate surface area is 187 Å². The second-order valence-corrected chi connectivity index (χ2v) is 7.52. The van der Waals surface area contributed by atoms with Crippen molar-refractivity contribution in [3.63, 3.8) is 0 Å². The molecule has 166 valence electrons. The standard InChI is InChI=1S/C25H26FN3O3/c1-28(2)17-29(21-10-5-4-6-11-21)25(31)20-9-7-8-18(14-20)16-27-24(30)19-12-13-23(32-3)22(26)15-19/h4-15H,16-17H2,1-3H3,(H,27,30). The van der Waals surface area contributed by atoms with Gasteiger partial charge in [-0.1, -0.05) is 30.3 Å². The maximum atomic E-state index is 13.9. The average molecular weight is 435 g/mol. The number of benzene rings is 3. The van der Waals surface area contributed by atoms with Crippen LogP contribution in [0.3, 0.4) is 0 Å². The summed E-state index contributed by atoms with van der Waals surface area (Å²) in [5.74, 6) is -1.08. The molecule has 0 aliphatic heterocycles. The summed E-state index contributed by atoms with van der Waals surface area (Å²) < 4.78 is 18.7. The predicted molar refractivity (Wildman–Crippen MR) is 122 cm³/mol. The van der Waals surface area contributed by atoms with Gasteiger partial charge < -0.3 is 10.1 Å². The summed E-state index contributed by atoms with van der Waals surface area (Å²) in [7, 11) is 5.16. The van der Waals surface area contributed by atoms with Crippen molar-refractivity contribution in [2.75, 3.05) is 32.8 Å². The summed E-state index contributed by atoms with van der Waals surface area (Å²) in [6.07, 6.45) is 0. The fraction of sp³-hybridized carbons (Fsp3) is 0.200. The van der Waals surface area contributed by atoms with Gasteiger partial charge in [0.25, 0.3) is 11.8 Å². The minimum Gasteiger partial charge on any atom is -0.494 e. The molecule has 7 heteroatoms. The highest BCUT2D eigenvalue weighted by Gasteiger charge is 2.19. The van der Waals surface area contributed by atoms with Gasteiger partial charge in [-0.2, -0.15) is 0 Å². The number of nitrogens with one attached hydrogen (secondary N) is 1. The molecule has 0 heterocycles. The lowest BCUT2D eigenvalue weighted by Crippen LogP contribution is -2.38. The Hall–Kier alpha value is -3.71. The lowest BCUT2D eigenvalue weighted by atomic mass is 10.1. The number of amides is 2. The molecule has 0 fully saturated rings. The van der Waals surface area contributed by atoms with Crippen molar-refractivity contribution in [1.82, 2.24) is 10.2 Å². The van der Waals surface area contributed by atoms with Gasteiger partial charge in [0, 0.05) is 23.4 Å². The van der Waals surface area contributed by atoms with Crippen LogP contribution in [0.15, 0.2) is 72.8 Å². The van der Waals surface area contributed by atoms with E-state index in [0.717, 1.165) is 17.3 Å². The largest absolute Gasteiger partial charge is 0.494 e. The third-order valence-electron chi connectivity index (χ3n) is 4.78. The van der Waals surface area contributed by atoms with Crippen molar-refractivity contribution in [1.29, 1.82) is 0 Å². The Morgan fingerprint density at radius 3 is 2.34 bits per heavy atom. The molecule has 0 atom stereocenters. The molecule has 2 amide bonds. The SMILES string of the molecule is COc1ccc(C(=O)NCc2cccc(C(=O)N(CN(C)C)c3ccccc3)c2)cc1F. The second kappa shape index (κ2) is 10.5. The molecule has 32 heavy (non-hydrogen) atoms. The van der Waals surface area contributed by atoms with Crippen molar-refractivity contribution < 1.29 is 18.7 Å². The summed E-state index contributed by atoms with van der Waals surface area (Å²) >= 11 is 0. The first-order valence-electron chi connectivity index (χ1n) is 10.1. The molecule has 0 saturated heterocycles. The van der Waals surface area contributed by atoms with Crippen molar-refractivity contribution in [3.8, 4) is 5.75 Å². The zero-order valence-corrected chi connectivity index (χ0v) is 18.3. The molecule has 0 radical (unpaired) electrons. The molecule has 0 aliphatic rings. The summed E-state index contributed by atoms with van der Waals surface area (Å²) in [6.45, 7) is 0.624. The maximum absolute atomic E-state index is 13.9. The molecule has 0 unspecified atom stereocenters. The van der Waals surface area contributed by atoms with Crippen LogP contribution in [0.5, 0.6) is 5.75 Å². The van der Waals surface area contributed by atoms with E-state index in [0.29, 0.717) is 12.2 Å². The first-order valence-corrected chi connectivity index (χ1v) is 10.1. The predicted octanol–water partition coefficient (Wildman–Crippen LogP) is 3.93. The highest BCUT2D eigenvalue weighted by molar-refractivity contribution is 6.06. The number of nitrogens with zero attached hydrogens (tertiary/aromatic N) is 2. The molecule has 0 saturated carbocycles. The van der Waals surface area contributed by atoms with Crippen molar-refractivity contribution >= 4 is 17.5 Å². The summed E-state index contributed by atoms with van der Waals surface area (Å²) in [5, 5.41) is 2.76. The molecule has 3 rings (SSSR count). The number of para-hydroxylation sites is 1. The number of hydrogen-bond donors (Lipinski definition) is 1. The van der Waals surface area contributed by atoms with Crippen LogP contribution < -0.4 is 15.0 Å². The number of hydrogen-bond acceptors (Lipinski definition) is 4. The zero-order valence-electron chi connectivity index (χ0n) is 18.3. The number of anilines is 1. The molecule has 3 aromatic carbocycles. The van der Waals surface area contributed by atoms with Crippen LogP contribution in [0.4, 0.5) is 10.1 Å². The van der Waals surface area contributed by atoms with E-state index >= 15 is 0 Å². The number of carbonyl (C=O) groups excluding carboxylic acids is 2. The summed E-state index contributed by atoms with van der Waals surface area (Å²) in [4.78, 5) is 29.3. The van der Waals surface area contributed by atoms with E-state index in [9.17, 15) is 14.0 Å². The smallest absolute Gasteiger partial charge is 0.259 e. The van der Waals surface area contributed by atoms with Gasteiger partial charge >= 0.3 is 0 Å². The average Bonchev–Trinajstić information content (AvgIpc) is 2.81. The monoisotopic (exact) mass is 435 g/mol. The highest BCUT2D eigenvalue weighted by atomic mass is 19.1. The van der Waals surface area contributed by atoms with Gasteiger partial charge in [0.05, 0.1) is 13.8 Å². The van der Waals surface area contributed by atoms with Crippen LogP contribution in [0.25, 0.3) is 0 Å². The summed E-state index contributed by atoms with van der Waals surface area (Å²) in [6, 6.07) is 20.6. The van der Waals surface area contributed by atoms with E-state index in [2.05, 4.69) is 5.32 Å². The van der Waals surface area contributed by atoms with Gasteiger partial charge in [-0.15, -0.1) is 0 Å². The van der Waals surface area contributed by atoms with Crippen LogP contribution >= 0.6 is 0 Å². The van der Waals surface area contributed by atoms with E-state index < -0.39 is 11.7 Å². The van der Waals surface area contributed by atoms with Gasteiger partial charge in [0.2, 0.25) is 0 Å². The van der Waals surface area contributed by atoms with Gasteiger partial charge in [-0.05, 0) is 62.1 Å². The molecule has 0 bridgehead atoms. The lowest BCUT2D eigenvalue weighted by molar-refractivity contribution is 0.0949. The Morgan fingerprint density at radius 2 is 1.69 bits per heavy atom. The van der Waals surface area contributed by atoms with Crippen LogP contribution in [-0.2, 0) is 6.54 Å². The van der Waals surface area contributed by atoms with Crippen LogP contribution in [0, 0.1) is 5.82 Å². The third-order valence-corrected chi connectivity index (χ3v) is 4.78. The van der Waals surface area contributed by atoms with Crippen molar-refractivity contribution in [2.45, 2.75) is 6.54 Å². The van der Waals surface area contributed by atoms with Gasteiger partial charge in [-0.3, -0.25) is 19.4 Å². The normalized spacial score (nSPS) is 10.7. The molecular formula is C25H26FN3O3. The molecular weight excluding hydrogens is 409 g/mol. The lowest BCUT2D eigenvalue weighted by Gasteiger charge is -2.26. The number of carbonyl (C=O) groups is 2. The Morgan fingerprint density at radius 1 is 0.938 bits per heavy atom. The Bertz CT molecular complexity index is 1090. The van der Waals surface area contributed by atoms with E-state index in [1.165, 1.54) is 19.2 Å². The number of methoxy groups -OCH3 is 1. The Balaban J connectivity index is 1.73. The molecule has 0 spiro atoms. The van der Waals surface area contributed by atoms with Crippen molar-refractivity contribution in [2.24, 2.45) is 0 Å². The van der Waals surface area contributed by atoms with Crippen LogP contribution in [0.2, 0.25) is 0 Å². The van der Waals surface area contributed by atoms with E-state index in [-0.39, 0.29) is 23.8 Å². The summed E-state index contributed by atoms with van der Waals surface area (Å²) in [5.41, 5.74) is 2.26. The number of rotatable bonds is 8. The first-order chi connectivity index (χ1) is 15.4. The van der Waals surface area contributed by atoms with Crippen LogP contribution in [0.1, 0.15) is 26.3 Å². The van der Waals surface area contributed by atoms with E-state index in [1.807, 2.05) is 55.4 Å². The third kappa shape index (κ3) is 5.70.